The second-order valence-electron chi connectivity index (χ2n) is 5.04. The van der Waals surface area contributed by atoms with Crippen molar-refractivity contribution in [3.63, 3.8) is 0 Å². The van der Waals surface area contributed by atoms with Crippen molar-refractivity contribution in [3.05, 3.63) is 64.7 Å². The average Bonchev–Trinajstić information content (AvgIpc) is 2.38. The lowest BCUT2D eigenvalue weighted by molar-refractivity contribution is 0.242. The van der Waals surface area contributed by atoms with E-state index < -0.39 is 0 Å². The van der Waals surface area contributed by atoms with Gasteiger partial charge in [-0.05, 0) is 55.7 Å². The van der Waals surface area contributed by atoms with Gasteiger partial charge in [0.2, 0.25) is 0 Å². The summed E-state index contributed by atoms with van der Waals surface area (Å²) >= 11 is 12.5. The maximum Gasteiger partial charge on any atom is 0.120 e. The van der Waals surface area contributed by atoms with Gasteiger partial charge in [0.25, 0.3) is 0 Å². The van der Waals surface area contributed by atoms with Crippen LogP contribution in [0.3, 0.4) is 0 Å². The van der Waals surface area contributed by atoms with Crippen LogP contribution in [0.1, 0.15) is 30.4 Å². The summed E-state index contributed by atoms with van der Waals surface area (Å²) in [7, 11) is 0. The second-order valence-corrected chi connectivity index (χ2v) is 6.00. The van der Waals surface area contributed by atoms with Gasteiger partial charge in [0.1, 0.15) is 5.75 Å². The van der Waals surface area contributed by atoms with Crippen LogP contribution in [0, 0.1) is 0 Å². The molecule has 2 rings (SSSR count). The molecule has 0 aliphatic rings. The molecule has 0 bridgehead atoms. The molecule has 0 aliphatic heterocycles. The molecule has 0 fully saturated rings. The number of hydrogen-bond donors (Lipinski definition) is 0. The third kappa shape index (κ3) is 4.43. The monoisotopic (exact) mass is 308 g/mol. The van der Waals surface area contributed by atoms with Crippen molar-refractivity contribution in [1.29, 1.82) is 0 Å². The fourth-order valence-electron chi connectivity index (χ4n) is 2.04. The smallest absolute Gasteiger partial charge is 0.120 e. The molecule has 1 nitrogen and oxygen atoms in total. The van der Waals surface area contributed by atoms with Crippen LogP contribution in [0.25, 0.3) is 0 Å². The van der Waals surface area contributed by atoms with Crippen LogP contribution in [0.2, 0.25) is 5.02 Å². The van der Waals surface area contributed by atoms with E-state index in [2.05, 4.69) is 0 Å². The molecule has 3 heteroatoms. The molecular formula is C17H18Cl2O. The largest absolute Gasteiger partial charge is 0.491 e. The van der Waals surface area contributed by atoms with Gasteiger partial charge >= 0.3 is 0 Å². The first-order chi connectivity index (χ1) is 9.54. The van der Waals surface area contributed by atoms with Crippen LogP contribution < -0.4 is 4.74 Å². The highest BCUT2D eigenvalue weighted by atomic mass is 35.5. The lowest BCUT2D eigenvalue weighted by Crippen LogP contribution is -2.06. The van der Waals surface area contributed by atoms with Gasteiger partial charge in [-0.2, -0.15) is 0 Å². The number of benzene rings is 2. The van der Waals surface area contributed by atoms with Crippen molar-refractivity contribution in [3.8, 4) is 5.75 Å². The summed E-state index contributed by atoms with van der Waals surface area (Å²) in [5, 5.41) is 0.646. The van der Waals surface area contributed by atoms with E-state index in [0.29, 0.717) is 0 Å². The van der Waals surface area contributed by atoms with Crippen LogP contribution in [0.5, 0.6) is 5.75 Å². The van der Waals surface area contributed by atoms with E-state index in [-0.39, 0.29) is 11.5 Å². The van der Waals surface area contributed by atoms with Gasteiger partial charge in [0.15, 0.2) is 0 Å². The standard InChI is InChI=1S/C17H18Cl2O/c1-12(2)20-16-8-4-6-14(11-16)17(19)10-13-5-3-7-15(18)9-13/h3-9,11-12,17H,10H2,1-2H3. The van der Waals surface area contributed by atoms with Gasteiger partial charge in [-0.3, -0.25) is 0 Å². The normalized spacial score (nSPS) is 12.4. The van der Waals surface area contributed by atoms with Gasteiger partial charge in [-0.25, -0.2) is 0 Å². The zero-order valence-electron chi connectivity index (χ0n) is 11.6. The van der Waals surface area contributed by atoms with Crippen molar-refractivity contribution in [1.82, 2.24) is 0 Å². The molecule has 1 unspecified atom stereocenters. The van der Waals surface area contributed by atoms with Crippen LogP contribution >= 0.6 is 23.2 Å². The summed E-state index contributed by atoms with van der Waals surface area (Å²) < 4.78 is 5.69. The van der Waals surface area contributed by atoms with Crippen LogP contribution in [0.15, 0.2) is 48.5 Å². The van der Waals surface area contributed by atoms with Gasteiger partial charge in [0, 0.05) is 5.02 Å². The highest BCUT2D eigenvalue weighted by Gasteiger charge is 2.10. The summed E-state index contributed by atoms with van der Waals surface area (Å²) in [5.41, 5.74) is 2.19. The van der Waals surface area contributed by atoms with E-state index in [1.807, 2.05) is 62.4 Å². The quantitative estimate of drug-likeness (QED) is 0.648. The van der Waals surface area contributed by atoms with E-state index in [1.165, 1.54) is 0 Å². The second kappa shape index (κ2) is 7.01. The fourth-order valence-corrected chi connectivity index (χ4v) is 2.57. The molecule has 0 aliphatic carbocycles. The number of rotatable bonds is 5. The van der Waals surface area contributed by atoms with Crippen molar-refractivity contribution >= 4 is 23.2 Å². The van der Waals surface area contributed by atoms with Gasteiger partial charge in [0.05, 0.1) is 11.5 Å². The molecule has 0 saturated heterocycles. The Labute approximate surface area is 130 Å². The molecule has 2 aromatic carbocycles. The summed E-state index contributed by atoms with van der Waals surface area (Å²) in [6.45, 7) is 4.02. The average molecular weight is 309 g/mol. The Morgan fingerprint density at radius 2 is 1.80 bits per heavy atom. The molecule has 0 saturated carbocycles. The Hall–Kier alpha value is -1.18. The molecule has 20 heavy (non-hydrogen) atoms. The number of ether oxygens (including phenoxy) is 1. The lowest BCUT2D eigenvalue weighted by Gasteiger charge is -2.14. The Kier molecular flexibility index (Phi) is 5.33. The van der Waals surface area contributed by atoms with Crippen LogP contribution in [0.4, 0.5) is 0 Å². The molecule has 1 atom stereocenters. The highest BCUT2D eigenvalue weighted by Crippen LogP contribution is 2.28. The van der Waals surface area contributed by atoms with Gasteiger partial charge < -0.3 is 4.74 Å². The first-order valence-corrected chi connectivity index (χ1v) is 7.51. The van der Waals surface area contributed by atoms with Crippen molar-refractivity contribution in [2.24, 2.45) is 0 Å². The summed E-state index contributed by atoms with van der Waals surface area (Å²) in [4.78, 5) is 0. The van der Waals surface area contributed by atoms with E-state index in [0.717, 1.165) is 28.3 Å². The molecule has 0 spiro atoms. The topological polar surface area (TPSA) is 9.23 Å². The number of alkyl halides is 1. The lowest BCUT2D eigenvalue weighted by atomic mass is 10.0. The third-order valence-corrected chi connectivity index (χ3v) is 3.54. The van der Waals surface area contributed by atoms with Crippen LogP contribution in [-0.2, 0) is 6.42 Å². The third-order valence-electron chi connectivity index (χ3n) is 2.90. The molecule has 0 aromatic heterocycles. The molecule has 0 N–H and O–H groups in total. The summed E-state index contributed by atoms with van der Waals surface area (Å²) in [5.74, 6) is 0.856. The Morgan fingerprint density at radius 3 is 2.50 bits per heavy atom. The van der Waals surface area contributed by atoms with Gasteiger partial charge in [-0.15, -0.1) is 11.6 Å². The minimum absolute atomic E-state index is 0.0934. The molecular weight excluding hydrogens is 291 g/mol. The molecule has 0 heterocycles. The fraction of sp³-hybridized carbons (Fsp3) is 0.294. The molecule has 0 radical (unpaired) electrons. The van der Waals surface area contributed by atoms with Crippen molar-refractivity contribution in [2.45, 2.75) is 31.7 Å². The minimum Gasteiger partial charge on any atom is -0.491 e. The number of hydrogen-bond acceptors (Lipinski definition) is 1. The van der Waals surface area contributed by atoms with E-state index >= 15 is 0 Å². The maximum absolute atomic E-state index is 6.50. The SMILES string of the molecule is CC(C)Oc1cccc(C(Cl)Cc2cccc(Cl)c2)c1. The molecule has 2 aromatic rings. The first-order valence-electron chi connectivity index (χ1n) is 6.69. The molecule has 0 amide bonds. The summed E-state index contributed by atoms with van der Waals surface area (Å²) in [6.07, 6.45) is 0.903. The zero-order valence-corrected chi connectivity index (χ0v) is 13.2. The van der Waals surface area contributed by atoms with Crippen LogP contribution in [-0.4, -0.2) is 6.10 Å². The predicted molar refractivity (Wildman–Crippen MR) is 86.0 cm³/mol. The predicted octanol–water partition coefficient (Wildman–Crippen LogP) is 5.65. The molecule has 106 valence electrons. The zero-order chi connectivity index (χ0) is 14.5. The summed E-state index contributed by atoms with van der Waals surface area (Å²) in [6, 6.07) is 15.7. The van der Waals surface area contributed by atoms with Crippen molar-refractivity contribution < 1.29 is 4.74 Å². The minimum atomic E-state index is -0.0934. The highest BCUT2D eigenvalue weighted by molar-refractivity contribution is 6.30. The van der Waals surface area contributed by atoms with Crippen molar-refractivity contribution in [2.75, 3.05) is 0 Å². The Balaban J connectivity index is 2.10. The Bertz CT molecular complexity index is 566. The first kappa shape index (κ1) is 15.2. The maximum atomic E-state index is 6.50. The van der Waals surface area contributed by atoms with E-state index in [9.17, 15) is 0 Å². The Morgan fingerprint density at radius 1 is 1.05 bits per heavy atom. The number of halogens is 2. The van der Waals surface area contributed by atoms with Gasteiger partial charge in [-0.1, -0.05) is 35.9 Å². The van der Waals surface area contributed by atoms with E-state index in [1.54, 1.807) is 0 Å². The van der Waals surface area contributed by atoms with E-state index in [4.69, 9.17) is 27.9 Å².